The Morgan fingerprint density at radius 3 is 2.39 bits per heavy atom. The SMILES string of the molecule is CC(Oc1ccc2c(c1)CCCC2)C(=O)N1CCN(c2cccc(C(F)(F)F)c2)CC1. The Hall–Kier alpha value is -2.70. The van der Waals surface area contributed by atoms with Crippen LogP contribution in [0.15, 0.2) is 42.5 Å². The molecule has 0 aromatic heterocycles. The summed E-state index contributed by atoms with van der Waals surface area (Å²) in [5.74, 6) is 0.616. The summed E-state index contributed by atoms with van der Waals surface area (Å²) in [6.07, 6.45) is -0.429. The van der Waals surface area contributed by atoms with Gasteiger partial charge in [-0.05, 0) is 74.1 Å². The van der Waals surface area contributed by atoms with Crippen LogP contribution in [0.2, 0.25) is 0 Å². The monoisotopic (exact) mass is 432 g/mol. The number of carbonyl (C=O) groups excluding carboxylic acids is 1. The van der Waals surface area contributed by atoms with Crippen molar-refractivity contribution in [2.24, 2.45) is 0 Å². The lowest BCUT2D eigenvalue weighted by Crippen LogP contribution is -2.52. The molecule has 0 saturated carbocycles. The summed E-state index contributed by atoms with van der Waals surface area (Å²) in [4.78, 5) is 16.5. The van der Waals surface area contributed by atoms with Gasteiger partial charge in [0.1, 0.15) is 5.75 Å². The number of hydrogen-bond donors (Lipinski definition) is 0. The zero-order chi connectivity index (χ0) is 22.0. The van der Waals surface area contributed by atoms with Gasteiger partial charge in [-0.15, -0.1) is 0 Å². The van der Waals surface area contributed by atoms with Crippen LogP contribution in [0.25, 0.3) is 0 Å². The molecule has 2 aromatic carbocycles. The normalized spacial score (nSPS) is 17.8. The van der Waals surface area contributed by atoms with Gasteiger partial charge in [-0.2, -0.15) is 13.2 Å². The van der Waals surface area contributed by atoms with Crippen LogP contribution in [0, 0.1) is 0 Å². The first kappa shape index (κ1) is 21.5. The lowest BCUT2D eigenvalue weighted by molar-refractivity contribution is -0.138. The van der Waals surface area contributed by atoms with Crippen molar-refractivity contribution in [3.63, 3.8) is 0 Å². The summed E-state index contributed by atoms with van der Waals surface area (Å²) in [6.45, 7) is 3.62. The number of benzene rings is 2. The molecule has 1 heterocycles. The molecule has 2 aromatic rings. The number of hydrogen-bond acceptors (Lipinski definition) is 3. The zero-order valence-electron chi connectivity index (χ0n) is 17.6. The third kappa shape index (κ3) is 4.97. The zero-order valence-corrected chi connectivity index (χ0v) is 17.6. The van der Waals surface area contributed by atoms with Crippen molar-refractivity contribution in [1.82, 2.24) is 4.90 Å². The number of rotatable bonds is 4. The van der Waals surface area contributed by atoms with Crippen LogP contribution in [0.4, 0.5) is 18.9 Å². The highest BCUT2D eigenvalue weighted by Crippen LogP contribution is 2.32. The third-order valence-corrected chi connectivity index (χ3v) is 6.11. The van der Waals surface area contributed by atoms with Crippen molar-refractivity contribution < 1.29 is 22.7 Å². The van der Waals surface area contributed by atoms with E-state index in [4.69, 9.17) is 4.74 Å². The van der Waals surface area contributed by atoms with E-state index in [2.05, 4.69) is 6.07 Å². The van der Waals surface area contributed by atoms with Crippen molar-refractivity contribution in [2.75, 3.05) is 31.1 Å². The Bertz CT molecular complexity index is 937. The first-order chi connectivity index (χ1) is 14.8. The fourth-order valence-corrected chi connectivity index (χ4v) is 4.36. The molecule has 7 heteroatoms. The number of fused-ring (bicyclic) bond motifs is 1. The first-order valence-corrected chi connectivity index (χ1v) is 10.8. The highest BCUT2D eigenvalue weighted by molar-refractivity contribution is 5.81. The second-order valence-corrected chi connectivity index (χ2v) is 8.26. The third-order valence-electron chi connectivity index (χ3n) is 6.11. The summed E-state index contributed by atoms with van der Waals surface area (Å²) in [6, 6.07) is 11.4. The summed E-state index contributed by atoms with van der Waals surface area (Å²) in [5.41, 5.74) is 2.54. The van der Waals surface area contributed by atoms with Crippen molar-refractivity contribution in [1.29, 1.82) is 0 Å². The molecule has 31 heavy (non-hydrogen) atoms. The number of nitrogens with zero attached hydrogens (tertiary/aromatic N) is 2. The van der Waals surface area contributed by atoms with Gasteiger partial charge in [0.05, 0.1) is 5.56 Å². The topological polar surface area (TPSA) is 32.8 Å². The molecule has 4 nitrogen and oxygen atoms in total. The summed E-state index contributed by atoms with van der Waals surface area (Å²) in [5, 5.41) is 0. The van der Waals surface area contributed by atoms with E-state index < -0.39 is 17.8 Å². The van der Waals surface area contributed by atoms with E-state index >= 15 is 0 Å². The Morgan fingerprint density at radius 1 is 0.968 bits per heavy atom. The van der Waals surface area contributed by atoms with Crippen LogP contribution in [-0.2, 0) is 23.8 Å². The number of alkyl halides is 3. The summed E-state index contributed by atoms with van der Waals surface area (Å²) in [7, 11) is 0. The standard InChI is InChI=1S/C24H27F3N2O2/c1-17(31-22-10-9-18-5-2-3-6-19(18)15-22)23(30)29-13-11-28(12-14-29)21-8-4-7-20(16-21)24(25,26)27/h4,7-10,15-17H,2-3,5-6,11-14H2,1H3. The lowest BCUT2D eigenvalue weighted by Gasteiger charge is -2.37. The van der Waals surface area contributed by atoms with E-state index in [-0.39, 0.29) is 5.91 Å². The van der Waals surface area contributed by atoms with Gasteiger partial charge in [0.2, 0.25) is 0 Å². The largest absolute Gasteiger partial charge is 0.481 e. The molecule has 166 valence electrons. The van der Waals surface area contributed by atoms with Crippen LogP contribution in [-0.4, -0.2) is 43.1 Å². The molecule has 1 aliphatic carbocycles. The molecule has 2 aliphatic rings. The molecule has 0 N–H and O–H groups in total. The second-order valence-electron chi connectivity index (χ2n) is 8.26. The van der Waals surface area contributed by atoms with Crippen LogP contribution < -0.4 is 9.64 Å². The Kier molecular flexibility index (Phi) is 6.12. The number of ether oxygens (including phenoxy) is 1. The van der Waals surface area contributed by atoms with Gasteiger partial charge in [-0.25, -0.2) is 0 Å². The molecule has 0 radical (unpaired) electrons. The van der Waals surface area contributed by atoms with Crippen LogP contribution in [0.3, 0.4) is 0 Å². The molecule has 1 fully saturated rings. The van der Waals surface area contributed by atoms with Crippen molar-refractivity contribution in [2.45, 2.75) is 44.9 Å². The van der Waals surface area contributed by atoms with E-state index in [1.165, 1.54) is 36.1 Å². The maximum absolute atomic E-state index is 13.0. The Morgan fingerprint density at radius 2 is 1.68 bits per heavy atom. The molecule has 4 rings (SSSR count). The molecule has 1 saturated heterocycles. The predicted octanol–water partition coefficient (Wildman–Crippen LogP) is 4.70. The molecular weight excluding hydrogens is 405 g/mol. The fraction of sp³-hybridized carbons (Fsp3) is 0.458. The average Bonchev–Trinajstić information content (AvgIpc) is 2.78. The highest BCUT2D eigenvalue weighted by Gasteiger charge is 2.31. The Balaban J connectivity index is 1.34. The average molecular weight is 432 g/mol. The molecule has 0 bridgehead atoms. The van der Waals surface area contributed by atoms with Crippen LogP contribution in [0.5, 0.6) is 5.75 Å². The molecular formula is C24H27F3N2O2. The van der Waals surface area contributed by atoms with Gasteiger partial charge in [0.15, 0.2) is 6.10 Å². The van der Waals surface area contributed by atoms with E-state index in [1.54, 1.807) is 17.9 Å². The molecule has 1 aliphatic heterocycles. The van der Waals surface area contributed by atoms with Gasteiger partial charge >= 0.3 is 6.18 Å². The van der Waals surface area contributed by atoms with E-state index in [0.717, 1.165) is 18.9 Å². The van der Waals surface area contributed by atoms with Gasteiger partial charge in [-0.3, -0.25) is 4.79 Å². The van der Waals surface area contributed by atoms with Gasteiger partial charge in [-0.1, -0.05) is 12.1 Å². The summed E-state index contributed by atoms with van der Waals surface area (Å²) < 4.78 is 44.9. The minimum atomic E-state index is -4.36. The second kappa shape index (κ2) is 8.81. The lowest BCUT2D eigenvalue weighted by atomic mass is 9.92. The van der Waals surface area contributed by atoms with E-state index in [0.29, 0.717) is 37.6 Å². The fourth-order valence-electron chi connectivity index (χ4n) is 4.36. The minimum absolute atomic E-state index is 0.0959. The first-order valence-electron chi connectivity index (χ1n) is 10.8. The van der Waals surface area contributed by atoms with Gasteiger partial charge in [0, 0.05) is 31.9 Å². The van der Waals surface area contributed by atoms with Crippen molar-refractivity contribution in [3.8, 4) is 5.75 Å². The smallest absolute Gasteiger partial charge is 0.416 e. The number of amides is 1. The molecule has 1 unspecified atom stereocenters. The predicted molar refractivity (Wildman–Crippen MR) is 113 cm³/mol. The number of anilines is 1. The van der Waals surface area contributed by atoms with Crippen molar-refractivity contribution >= 4 is 11.6 Å². The number of halogens is 3. The Labute approximate surface area is 180 Å². The van der Waals surface area contributed by atoms with Gasteiger partial charge < -0.3 is 14.5 Å². The summed E-state index contributed by atoms with van der Waals surface area (Å²) >= 11 is 0. The number of aryl methyl sites for hydroxylation is 2. The minimum Gasteiger partial charge on any atom is -0.481 e. The number of carbonyl (C=O) groups is 1. The van der Waals surface area contributed by atoms with Crippen LogP contribution >= 0.6 is 0 Å². The molecule has 1 atom stereocenters. The van der Waals surface area contributed by atoms with E-state index in [9.17, 15) is 18.0 Å². The quantitative estimate of drug-likeness (QED) is 0.702. The van der Waals surface area contributed by atoms with Crippen LogP contribution in [0.1, 0.15) is 36.5 Å². The van der Waals surface area contributed by atoms with Gasteiger partial charge in [0.25, 0.3) is 5.91 Å². The van der Waals surface area contributed by atoms with E-state index in [1.807, 2.05) is 17.0 Å². The van der Waals surface area contributed by atoms with Crippen molar-refractivity contribution in [3.05, 3.63) is 59.2 Å². The number of piperazine rings is 1. The highest BCUT2D eigenvalue weighted by atomic mass is 19.4. The molecule has 1 amide bonds. The molecule has 0 spiro atoms. The maximum Gasteiger partial charge on any atom is 0.416 e. The maximum atomic E-state index is 13.0.